The lowest BCUT2D eigenvalue weighted by atomic mass is 9.80. The summed E-state index contributed by atoms with van der Waals surface area (Å²) in [5.41, 5.74) is 2.42. The van der Waals surface area contributed by atoms with Crippen molar-refractivity contribution >= 4 is 11.8 Å². The maximum absolute atomic E-state index is 13.1. The molecule has 0 bridgehead atoms. The van der Waals surface area contributed by atoms with Crippen molar-refractivity contribution in [3.8, 4) is 0 Å². The van der Waals surface area contributed by atoms with E-state index in [0.717, 1.165) is 55.5 Å². The van der Waals surface area contributed by atoms with E-state index in [4.69, 9.17) is 0 Å². The Kier molecular flexibility index (Phi) is 4.17. The van der Waals surface area contributed by atoms with Gasteiger partial charge in [-0.3, -0.25) is 14.3 Å². The zero-order chi connectivity index (χ0) is 16.6. The lowest BCUT2D eigenvalue weighted by Crippen LogP contribution is -2.51. The topological polar surface area (TPSA) is 67.2 Å². The van der Waals surface area contributed by atoms with Gasteiger partial charge in [0.15, 0.2) is 0 Å². The molecule has 1 fully saturated rings. The number of nitrogens with one attached hydrogen (secondary N) is 1. The molecule has 1 N–H and O–H groups in total. The summed E-state index contributed by atoms with van der Waals surface area (Å²) in [5, 5.41) is 7.28. The van der Waals surface area contributed by atoms with Gasteiger partial charge in [-0.25, -0.2) is 0 Å². The van der Waals surface area contributed by atoms with Crippen LogP contribution in [-0.4, -0.2) is 46.6 Å². The fraction of sp³-hybridized carbons (Fsp3) is 0.706. The summed E-state index contributed by atoms with van der Waals surface area (Å²) in [6.45, 7) is 3.14. The number of aryl methyl sites for hydroxylation is 2. The van der Waals surface area contributed by atoms with E-state index in [2.05, 4.69) is 10.4 Å². The molecule has 1 aliphatic carbocycles. The molecule has 1 aromatic rings. The first-order valence-corrected chi connectivity index (χ1v) is 8.52. The molecule has 3 rings (SSSR count). The highest BCUT2D eigenvalue weighted by molar-refractivity contribution is 5.95. The summed E-state index contributed by atoms with van der Waals surface area (Å²) in [6.07, 6.45) is 5.85. The van der Waals surface area contributed by atoms with Crippen LogP contribution in [0.3, 0.4) is 0 Å². The molecule has 0 aromatic carbocycles. The first kappa shape index (κ1) is 16.0. The summed E-state index contributed by atoms with van der Waals surface area (Å²) < 4.78 is 1.74. The minimum Gasteiger partial charge on any atom is -0.359 e. The Morgan fingerprint density at radius 1 is 1.22 bits per heavy atom. The van der Waals surface area contributed by atoms with E-state index >= 15 is 0 Å². The van der Waals surface area contributed by atoms with Crippen molar-refractivity contribution in [2.45, 2.75) is 45.4 Å². The van der Waals surface area contributed by atoms with Crippen molar-refractivity contribution in [3.63, 3.8) is 0 Å². The molecule has 1 aliphatic heterocycles. The number of carbonyl (C=O) groups is 2. The molecule has 2 aliphatic rings. The van der Waals surface area contributed by atoms with Crippen LogP contribution in [-0.2, 0) is 24.7 Å². The fourth-order valence-corrected chi connectivity index (χ4v) is 4.00. The van der Waals surface area contributed by atoms with E-state index < -0.39 is 5.41 Å². The van der Waals surface area contributed by atoms with Gasteiger partial charge in [-0.15, -0.1) is 0 Å². The lowest BCUT2D eigenvalue weighted by Gasteiger charge is -2.39. The molecule has 23 heavy (non-hydrogen) atoms. The SMILES string of the molecule is CNC(=O)[C@]1(C)CCCN(C(=O)c2c3c(nn2C)CCCC3)C1. The highest BCUT2D eigenvalue weighted by Crippen LogP contribution is 2.32. The fourth-order valence-electron chi connectivity index (χ4n) is 4.00. The van der Waals surface area contributed by atoms with Gasteiger partial charge in [0.2, 0.25) is 5.91 Å². The number of nitrogens with zero attached hydrogens (tertiary/aromatic N) is 3. The normalized spacial score (nSPS) is 24.2. The number of fused-ring (bicyclic) bond motifs is 1. The van der Waals surface area contributed by atoms with E-state index in [0.29, 0.717) is 13.1 Å². The lowest BCUT2D eigenvalue weighted by molar-refractivity contribution is -0.132. The van der Waals surface area contributed by atoms with Gasteiger partial charge in [-0.1, -0.05) is 0 Å². The van der Waals surface area contributed by atoms with E-state index in [-0.39, 0.29) is 11.8 Å². The van der Waals surface area contributed by atoms with Crippen LogP contribution >= 0.6 is 0 Å². The molecular formula is C17H26N4O2. The number of amides is 2. The third-order valence-corrected chi connectivity index (χ3v) is 5.28. The Labute approximate surface area is 137 Å². The average molecular weight is 318 g/mol. The quantitative estimate of drug-likeness (QED) is 0.893. The van der Waals surface area contributed by atoms with Gasteiger partial charge in [0.05, 0.1) is 11.1 Å². The van der Waals surface area contributed by atoms with Gasteiger partial charge >= 0.3 is 0 Å². The number of rotatable bonds is 2. The smallest absolute Gasteiger partial charge is 0.272 e. The first-order chi connectivity index (χ1) is 11.0. The molecule has 1 aromatic heterocycles. The van der Waals surface area contributed by atoms with Gasteiger partial charge in [0, 0.05) is 32.7 Å². The number of carbonyl (C=O) groups excluding carboxylic acids is 2. The van der Waals surface area contributed by atoms with Gasteiger partial charge in [0.25, 0.3) is 5.91 Å². The molecule has 6 heteroatoms. The van der Waals surface area contributed by atoms with Gasteiger partial charge in [0.1, 0.15) is 5.69 Å². The van der Waals surface area contributed by atoms with Crippen LogP contribution in [0.1, 0.15) is 54.4 Å². The maximum Gasteiger partial charge on any atom is 0.272 e. The highest BCUT2D eigenvalue weighted by Gasteiger charge is 2.40. The number of piperidine rings is 1. The van der Waals surface area contributed by atoms with Crippen LogP contribution in [0.25, 0.3) is 0 Å². The predicted molar refractivity (Wildman–Crippen MR) is 87.2 cm³/mol. The molecule has 0 spiro atoms. The van der Waals surface area contributed by atoms with E-state index in [9.17, 15) is 9.59 Å². The second kappa shape index (κ2) is 5.98. The molecule has 0 unspecified atom stereocenters. The molecule has 126 valence electrons. The van der Waals surface area contributed by atoms with Crippen molar-refractivity contribution in [2.24, 2.45) is 12.5 Å². The minimum absolute atomic E-state index is 0.0158. The van der Waals surface area contributed by atoms with Crippen molar-refractivity contribution in [3.05, 3.63) is 17.0 Å². The summed E-state index contributed by atoms with van der Waals surface area (Å²) in [6, 6.07) is 0. The van der Waals surface area contributed by atoms with Crippen LogP contribution in [0, 0.1) is 5.41 Å². The zero-order valence-corrected chi connectivity index (χ0v) is 14.3. The third kappa shape index (κ3) is 2.75. The second-order valence-electron chi connectivity index (χ2n) is 7.07. The predicted octanol–water partition coefficient (Wildman–Crippen LogP) is 1.29. The number of hydrogen-bond acceptors (Lipinski definition) is 3. The van der Waals surface area contributed by atoms with E-state index in [1.807, 2.05) is 18.9 Å². The molecule has 6 nitrogen and oxygen atoms in total. The van der Waals surface area contributed by atoms with Gasteiger partial charge in [-0.2, -0.15) is 5.10 Å². The first-order valence-electron chi connectivity index (χ1n) is 8.52. The van der Waals surface area contributed by atoms with Crippen LogP contribution in [0.15, 0.2) is 0 Å². The molecule has 2 heterocycles. The number of likely N-dealkylation sites (tertiary alicyclic amines) is 1. The van der Waals surface area contributed by atoms with Crippen molar-refractivity contribution < 1.29 is 9.59 Å². The van der Waals surface area contributed by atoms with Crippen molar-refractivity contribution in [1.82, 2.24) is 20.0 Å². The number of hydrogen-bond donors (Lipinski definition) is 1. The molecule has 1 atom stereocenters. The molecule has 0 saturated carbocycles. The summed E-state index contributed by atoms with van der Waals surface area (Å²) >= 11 is 0. The Morgan fingerprint density at radius 3 is 2.70 bits per heavy atom. The Morgan fingerprint density at radius 2 is 1.96 bits per heavy atom. The molecular weight excluding hydrogens is 292 g/mol. The monoisotopic (exact) mass is 318 g/mol. The van der Waals surface area contributed by atoms with Crippen LogP contribution in [0.5, 0.6) is 0 Å². The molecule has 0 radical (unpaired) electrons. The van der Waals surface area contributed by atoms with E-state index in [1.54, 1.807) is 11.7 Å². The molecule has 2 amide bonds. The average Bonchev–Trinajstić information content (AvgIpc) is 2.89. The summed E-state index contributed by atoms with van der Waals surface area (Å²) in [4.78, 5) is 27.1. The van der Waals surface area contributed by atoms with Gasteiger partial charge < -0.3 is 10.2 Å². The standard InChI is InChI=1S/C17H26N4O2/c1-17(16(23)18-2)9-6-10-21(11-17)15(22)14-12-7-4-5-8-13(12)19-20(14)3/h4-11H2,1-3H3,(H,18,23)/t17-/m1/s1. The zero-order valence-electron chi connectivity index (χ0n) is 14.3. The summed E-state index contributed by atoms with van der Waals surface area (Å²) in [5.74, 6) is 0.0417. The summed E-state index contributed by atoms with van der Waals surface area (Å²) in [7, 11) is 3.51. The molecule has 1 saturated heterocycles. The second-order valence-corrected chi connectivity index (χ2v) is 7.07. The largest absolute Gasteiger partial charge is 0.359 e. The number of aromatic nitrogens is 2. The minimum atomic E-state index is -0.499. The van der Waals surface area contributed by atoms with Gasteiger partial charge in [-0.05, 0) is 45.4 Å². The highest BCUT2D eigenvalue weighted by atomic mass is 16.2. The van der Waals surface area contributed by atoms with Crippen LogP contribution < -0.4 is 5.32 Å². The Hall–Kier alpha value is -1.85. The third-order valence-electron chi connectivity index (χ3n) is 5.28. The van der Waals surface area contributed by atoms with E-state index in [1.165, 1.54) is 0 Å². The van der Waals surface area contributed by atoms with Crippen molar-refractivity contribution in [1.29, 1.82) is 0 Å². The Bertz CT molecular complexity index is 637. The maximum atomic E-state index is 13.1. The van der Waals surface area contributed by atoms with Crippen LogP contribution in [0.4, 0.5) is 0 Å². The Balaban J connectivity index is 1.86. The van der Waals surface area contributed by atoms with Crippen LogP contribution in [0.2, 0.25) is 0 Å². The van der Waals surface area contributed by atoms with Crippen molar-refractivity contribution in [2.75, 3.05) is 20.1 Å².